The van der Waals surface area contributed by atoms with Crippen molar-refractivity contribution in [3.8, 4) is 0 Å². The van der Waals surface area contributed by atoms with Gasteiger partial charge in [0.25, 0.3) is 10.0 Å². The largest absolute Gasteiger partial charge is 0.480 e. The van der Waals surface area contributed by atoms with Gasteiger partial charge in [-0.05, 0) is 31.2 Å². The van der Waals surface area contributed by atoms with Gasteiger partial charge in [0.1, 0.15) is 10.3 Å². The van der Waals surface area contributed by atoms with Crippen molar-refractivity contribution in [3.63, 3.8) is 0 Å². The standard InChI is InChI=1S/C12H16N2O5S2/c1-8(13-21(18,19)10-5-3-7-20-10)11(15)14-6-2-4-9(14)12(16)17/h3,5,7-9,13H,2,4,6H2,1H3,(H,16,17). The van der Waals surface area contributed by atoms with Crippen LogP contribution in [-0.2, 0) is 19.6 Å². The average molecular weight is 332 g/mol. The second-order valence-corrected chi connectivity index (χ2v) is 7.69. The number of rotatable bonds is 5. The Hall–Kier alpha value is -1.45. The first-order chi connectivity index (χ1) is 9.83. The van der Waals surface area contributed by atoms with E-state index in [0.29, 0.717) is 19.4 Å². The minimum absolute atomic E-state index is 0.123. The Morgan fingerprint density at radius 3 is 2.81 bits per heavy atom. The maximum atomic E-state index is 12.2. The number of hydrogen-bond donors (Lipinski definition) is 2. The predicted molar refractivity (Wildman–Crippen MR) is 76.5 cm³/mol. The number of nitrogens with zero attached hydrogens (tertiary/aromatic N) is 1. The number of amides is 1. The number of carboxylic acid groups (broad SMARTS) is 1. The van der Waals surface area contributed by atoms with E-state index in [1.165, 1.54) is 17.9 Å². The molecule has 2 N–H and O–H groups in total. The summed E-state index contributed by atoms with van der Waals surface area (Å²) in [4.78, 5) is 24.6. The van der Waals surface area contributed by atoms with Crippen molar-refractivity contribution in [3.05, 3.63) is 17.5 Å². The first-order valence-electron chi connectivity index (χ1n) is 6.42. The zero-order chi connectivity index (χ0) is 15.6. The number of nitrogens with one attached hydrogen (secondary N) is 1. The van der Waals surface area contributed by atoms with E-state index in [4.69, 9.17) is 5.11 Å². The lowest BCUT2D eigenvalue weighted by atomic mass is 10.2. The molecule has 1 fully saturated rings. The maximum Gasteiger partial charge on any atom is 0.326 e. The summed E-state index contributed by atoms with van der Waals surface area (Å²) < 4.78 is 26.5. The minimum atomic E-state index is -3.75. The summed E-state index contributed by atoms with van der Waals surface area (Å²) in [5.74, 6) is -1.57. The zero-order valence-electron chi connectivity index (χ0n) is 11.4. The first kappa shape index (κ1) is 15.9. The highest BCUT2D eigenvalue weighted by molar-refractivity contribution is 7.91. The van der Waals surface area contributed by atoms with Crippen molar-refractivity contribution in [2.75, 3.05) is 6.54 Å². The number of thiophene rings is 1. The van der Waals surface area contributed by atoms with Crippen LogP contribution in [0, 0.1) is 0 Å². The van der Waals surface area contributed by atoms with Crippen molar-refractivity contribution >= 4 is 33.2 Å². The van der Waals surface area contributed by atoms with E-state index in [1.807, 2.05) is 0 Å². The first-order valence-corrected chi connectivity index (χ1v) is 8.78. The summed E-state index contributed by atoms with van der Waals surface area (Å²) in [7, 11) is -3.75. The van der Waals surface area contributed by atoms with E-state index in [-0.39, 0.29) is 4.21 Å². The van der Waals surface area contributed by atoms with Gasteiger partial charge in [-0.3, -0.25) is 4.79 Å². The van der Waals surface area contributed by atoms with E-state index >= 15 is 0 Å². The topological polar surface area (TPSA) is 104 Å². The molecule has 1 saturated heterocycles. The molecule has 2 atom stereocenters. The van der Waals surface area contributed by atoms with Crippen LogP contribution in [-0.4, -0.2) is 48.9 Å². The Balaban J connectivity index is 2.08. The molecule has 1 aliphatic heterocycles. The SMILES string of the molecule is CC(NS(=O)(=O)c1cccs1)C(=O)N1CCCC1C(=O)O. The molecular formula is C12H16N2O5S2. The van der Waals surface area contributed by atoms with E-state index in [1.54, 1.807) is 11.4 Å². The fraction of sp³-hybridized carbons (Fsp3) is 0.500. The van der Waals surface area contributed by atoms with Crippen LogP contribution in [0.3, 0.4) is 0 Å². The highest BCUT2D eigenvalue weighted by atomic mass is 32.2. The molecular weight excluding hydrogens is 316 g/mol. The van der Waals surface area contributed by atoms with Gasteiger partial charge in [-0.2, -0.15) is 4.72 Å². The molecule has 7 nitrogen and oxygen atoms in total. The van der Waals surface area contributed by atoms with Crippen LogP contribution in [0.4, 0.5) is 0 Å². The van der Waals surface area contributed by atoms with Crippen LogP contribution < -0.4 is 4.72 Å². The smallest absolute Gasteiger partial charge is 0.326 e. The Kier molecular flexibility index (Phi) is 4.64. The molecule has 2 heterocycles. The predicted octanol–water partition coefficient (Wildman–Crippen LogP) is 0.490. The lowest BCUT2D eigenvalue weighted by Gasteiger charge is -2.25. The number of likely N-dealkylation sites (tertiary alicyclic amines) is 1. The van der Waals surface area contributed by atoms with Gasteiger partial charge in [0.15, 0.2) is 0 Å². The number of carboxylic acids is 1. The van der Waals surface area contributed by atoms with E-state index in [0.717, 1.165) is 11.3 Å². The van der Waals surface area contributed by atoms with Crippen LogP contribution in [0.5, 0.6) is 0 Å². The molecule has 0 spiro atoms. The number of carbonyl (C=O) groups is 2. The quantitative estimate of drug-likeness (QED) is 0.817. The van der Waals surface area contributed by atoms with Gasteiger partial charge in [-0.25, -0.2) is 13.2 Å². The lowest BCUT2D eigenvalue weighted by molar-refractivity contribution is -0.148. The van der Waals surface area contributed by atoms with Crippen LogP contribution in [0.2, 0.25) is 0 Å². The Morgan fingerprint density at radius 2 is 2.24 bits per heavy atom. The van der Waals surface area contributed by atoms with Gasteiger partial charge >= 0.3 is 5.97 Å². The molecule has 1 aromatic rings. The van der Waals surface area contributed by atoms with Crippen LogP contribution in [0.25, 0.3) is 0 Å². The maximum absolute atomic E-state index is 12.2. The van der Waals surface area contributed by atoms with E-state index in [9.17, 15) is 18.0 Å². The number of aliphatic carboxylic acids is 1. The summed E-state index contributed by atoms with van der Waals surface area (Å²) in [5, 5.41) is 10.7. The molecule has 9 heteroatoms. The van der Waals surface area contributed by atoms with Crippen LogP contribution >= 0.6 is 11.3 Å². The Bertz CT molecular complexity index is 626. The second kappa shape index (κ2) is 6.12. The second-order valence-electron chi connectivity index (χ2n) is 4.80. The molecule has 1 aliphatic rings. The minimum Gasteiger partial charge on any atom is -0.480 e. The molecule has 0 bridgehead atoms. The highest BCUT2D eigenvalue weighted by Crippen LogP contribution is 2.20. The van der Waals surface area contributed by atoms with Crippen molar-refractivity contribution in [2.45, 2.75) is 36.1 Å². The zero-order valence-corrected chi connectivity index (χ0v) is 13.0. The number of sulfonamides is 1. The summed E-state index contributed by atoms with van der Waals surface area (Å²) >= 11 is 1.05. The molecule has 0 saturated carbocycles. The van der Waals surface area contributed by atoms with Gasteiger partial charge in [0, 0.05) is 6.54 Å². The molecule has 0 aliphatic carbocycles. The van der Waals surface area contributed by atoms with Gasteiger partial charge < -0.3 is 10.0 Å². The van der Waals surface area contributed by atoms with Crippen molar-refractivity contribution in [2.24, 2.45) is 0 Å². The summed E-state index contributed by atoms with van der Waals surface area (Å²) in [6, 6.07) is 1.18. The van der Waals surface area contributed by atoms with Crippen molar-refractivity contribution < 1.29 is 23.1 Å². The Morgan fingerprint density at radius 1 is 1.52 bits per heavy atom. The van der Waals surface area contributed by atoms with E-state index in [2.05, 4.69) is 4.72 Å². The fourth-order valence-corrected chi connectivity index (χ4v) is 4.50. The normalized spacial score (nSPS) is 20.4. The lowest BCUT2D eigenvalue weighted by Crippen LogP contribution is -2.50. The van der Waals surface area contributed by atoms with Gasteiger partial charge in [-0.15, -0.1) is 11.3 Å². The summed E-state index contributed by atoms with van der Waals surface area (Å²) in [6.45, 7) is 1.76. The molecule has 2 unspecified atom stereocenters. The number of hydrogen-bond acceptors (Lipinski definition) is 5. The van der Waals surface area contributed by atoms with Crippen LogP contribution in [0.15, 0.2) is 21.7 Å². The van der Waals surface area contributed by atoms with Gasteiger partial charge in [0.2, 0.25) is 5.91 Å². The van der Waals surface area contributed by atoms with Gasteiger partial charge in [0.05, 0.1) is 6.04 Å². The monoisotopic (exact) mass is 332 g/mol. The summed E-state index contributed by atoms with van der Waals surface area (Å²) in [6.07, 6.45) is 0.999. The summed E-state index contributed by atoms with van der Waals surface area (Å²) in [5.41, 5.74) is 0. The van der Waals surface area contributed by atoms with E-state index < -0.39 is 34.0 Å². The molecule has 1 amide bonds. The molecule has 116 valence electrons. The van der Waals surface area contributed by atoms with Gasteiger partial charge in [-0.1, -0.05) is 6.07 Å². The molecule has 1 aromatic heterocycles. The molecule has 0 radical (unpaired) electrons. The van der Waals surface area contributed by atoms with Crippen LogP contribution in [0.1, 0.15) is 19.8 Å². The third-order valence-corrected chi connectivity index (χ3v) is 6.22. The molecule has 2 rings (SSSR count). The third-order valence-electron chi connectivity index (χ3n) is 3.28. The van der Waals surface area contributed by atoms with Crippen molar-refractivity contribution in [1.29, 1.82) is 0 Å². The molecule has 21 heavy (non-hydrogen) atoms. The highest BCUT2D eigenvalue weighted by Gasteiger charge is 2.37. The number of carbonyl (C=O) groups excluding carboxylic acids is 1. The fourth-order valence-electron chi connectivity index (χ4n) is 2.29. The Labute approximate surface area is 126 Å². The molecule has 0 aromatic carbocycles. The average Bonchev–Trinajstić information content (AvgIpc) is 3.08. The third kappa shape index (κ3) is 3.42. The van der Waals surface area contributed by atoms with Crippen molar-refractivity contribution in [1.82, 2.24) is 9.62 Å².